The van der Waals surface area contributed by atoms with E-state index in [1.165, 1.54) is 40.3 Å². The number of hydrogen-bond donors (Lipinski definition) is 0. The molecular weight excluding hydrogens is 969 g/mol. The first-order valence-corrected chi connectivity index (χ1v) is 26.8. The van der Waals surface area contributed by atoms with Gasteiger partial charge in [-0.05, 0) is 131 Å². The van der Waals surface area contributed by atoms with Gasteiger partial charge in [-0.3, -0.25) is 0 Å². The highest BCUT2D eigenvalue weighted by Crippen LogP contribution is 2.48. The molecule has 6 heterocycles. The molecule has 17 aromatic rings. The summed E-state index contributed by atoms with van der Waals surface area (Å²) in [6.45, 7) is 8.92. The van der Waals surface area contributed by atoms with Crippen LogP contribution in [0.5, 0.6) is 0 Å². The lowest BCUT2D eigenvalue weighted by atomic mass is 10.00. The van der Waals surface area contributed by atoms with Gasteiger partial charge in [-0.2, -0.15) is 5.26 Å². The lowest BCUT2D eigenvalue weighted by Crippen LogP contribution is -2.01. The summed E-state index contributed by atoms with van der Waals surface area (Å²) < 4.78 is 22.9. The molecule has 0 N–H and O–H groups in total. The Kier molecular flexibility index (Phi) is 8.36. The van der Waals surface area contributed by atoms with Gasteiger partial charge < -0.3 is 18.0 Å². The Labute approximate surface area is 439 Å². The van der Waals surface area contributed by atoms with Crippen LogP contribution >= 0.6 is 22.7 Å². The van der Waals surface area contributed by atoms with Crippen molar-refractivity contribution in [1.82, 2.24) is 9.13 Å². The molecule has 0 saturated heterocycles. The number of thiophene rings is 2. The topological polar surface area (TPSA) is 64.3 Å². The first-order chi connectivity index (χ1) is 37.6. The molecule has 6 nitrogen and oxygen atoms in total. The molecule has 350 valence electrons. The molecule has 0 aliphatic heterocycles. The number of nitrogens with zero attached hydrogens (tertiary/aromatic N) is 4. The van der Waals surface area contributed by atoms with E-state index in [1.54, 1.807) is 0 Å². The fraction of sp³-hybridized carbons (Fsp3) is 0. The predicted octanol–water partition coefficient (Wildman–Crippen LogP) is 20.2. The summed E-state index contributed by atoms with van der Waals surface area (Å²) in [6.07, 6.45) is 0. The van der Waals surface area contributed by atoms with Crippen LogP contribution < -0.4 is 0 Å². The zero-order valence-electron chi connectivity index (χ0n) is 40.1. The second-order valence-electron chi connectivity index (χ2n) is 19.7. The fourth-order valence-corrected chi connectivity index (χ4v) is 14.5. The molecule has 0 atom stereocenters. The third-order valence-electron chi connectivity index (χ3n) is 15.8. The van der Waals surface area contributed by atoms with Gasteiger partial charge in [0.2, 0.25) is 5.69 Å². The van der Waals surface area contributed by atoms with Gasteiger partial charge in [0.15, 0.2) is 0 Å². The largest absolute Gasteiger partial charge is 0.455 e. The van der Waals surface area contributed by atoms with Crippen LogP contribution in [0.1, 0.15) is 5.56 Å². The third-order valence-corrected chi connectivity index (χ3v) is 18.1. The first-order valence-electron chi connectivity index (χ1n) is 25.1. The van der Waals surface area contributed by atoms with Gasteiger partial charge in [-0.15, -0.1) is 22.7 Å². The summed E-state index contributed by atoms with van der Waals surface area (Å²) in [7, 11) is 0. The molecule has 11 aromatic carbocycles. The summed E-state index contributed by atoms with van der Waals surface area (Å²) in [4.78, 5) is 4.30. The summed E-state index contributed by atoms with van der Waals surface area (Å²) in [6, 6.07) is 75.1. The Bertz CT molecular complexity index is 5180. The number of furan rings is 2. The van der Waals surface area contributed by atoms with Gasteiger partial charge in [-0.1, -0.05) is 97.1 Å². The van der Waals surface area contributed by atoms with Crippen LogP contribution in [-0.2, 0) is 0 Å². The zero-order valence-corrected chi connectivity index (χ0v) is 41.7. The van der Waals surface area contributed by atoms with E-state index in [0.29, 0.717) is 22.6 Å². The van der Waals surface area contributed by atoms with E-state index < -0.39 is 0 Å². The maximum absolute atomic E-state index is 11.4. The molecular formula is C68H34N4O2S2. The van der Waals surface area contributed by atoms with Crippen molar-refractivity contribution >= 4 is 156 Å². The van der Waals surface area contributed by atoms with Crippen LogP contribution in [0.15, 0.2) is 215 Å². The molecule has 0 bridgehead atoms. The molecule has 17 rings (SSSR count). The minimum absolute atomic E-state index is 0.407. The monoisotopic (exact) mass is 1000 g/mol. The van der Waals surface area contributed by atoms with Crippen LogP contribution in [0.3, 0.4) is 0 Å². The average Bonchev–Trinajstić information content (AvgIpc) is 4.52. The quantitative estimate of drug-likeness (QED) is 0.165. The van der Waals surface area contributed by atoms with Crippen LogP contribution in [0, 0.1) is 17.9 Å². The highest BCUT2D eigenvalue weighted by molar-refractivity contribution is 7.26. The van der Waals surface area contributed by atoms with E-state index in [2.05, 4.69) is 178 Å². The van der Waals surface area contributed by atoms with Crippen molar-refractivity contribution in [3.05, 3.63) is 223 Å². The van der Waals surface area contributed by atoms with Gasteiger partial charge in [0.1, 0.15) is 28.4 Å². The number of hydrogen-bond acceptors (Lipinski definition) is 5. The van der Waals surface area contributed by atoms with Gasteiger partial charge in [0, 0.05) is 72.7 Å². The van der Waals surface area contributed by atoms with Crippen LogP contribution in [0.25, 0.3) is 166 Å². The number of para-hydroxylation sites is 2. The summed E-state index contributed by atoms with van der Waals surface area (Å²) in [5, 5.41) is 24.4. The molecule has 0 radical (unpaired) electrons. The van der Waals surface area contributed by atoms with E-state index in [9.17, 15) is 5.26 Å². The molecule has 0 aliphatic rings. The van der Waals surface area contributed by atoms with Gasteiger partial charge >= 0.3 is 0 Å². The molecule has 0 saturated carbocycles. The highest BCUT2D eigenvalue weighted by Gasteiger charge is 2.26. The SMILES string of the molecule is [C-]#[N+]c1cc(-n2c3ccc(-c4ccc5sc6ccccc6c5c4)cc3c3c4oc5ccccc5c4ccc32)c(C#N)cc1-n1c2ccc(-c3ccc4sc5ccccc5c4c3)cc2c2c3oc4ccccc4c3ccc21. The lowest BCUT2D eigenvalue weighted by Gasteiger charge is -2.16. The van der Waals surface area contributed by atoms with Crippen molar-refractivity contribution < 1.29 is 8.83 Å². The van der Waals surface area contributed by atoms with E-state index in [1.807, 2.05) is 71.2 Å². The lowest BCUT2D eigenvalue weighted by molar-refractivity contribution is 0.672. The maximum Gasteiger partial charge on any atom is 0.212 e. The summed E-state index contributed by atoms with van der Waals surface area (Å²) in [5.74, 6) is 0. The molecule has 0 spiro atoms. The normalized spacial score (nSPS) is 12.2. The number of benzene rings is 11. The second kappa shape index (κ2) is 15.3. The summed E-state index contributed by atoms with van der Waals surface area (Å²) in [5.41, 5.74) is 13.2. The summed E-state index contributed by atoms with van der Waals surface area (Å²) >= 11 is 3.63. The van der Waals surface area contributed by atoms with Crippen molar-refractivity contribution in [2.24, 2.45) is 0 Å². The van der Waals surface area contributed by atoms with E-state index in [-0.39, 0.29) is 0 Å². The van der Waals surface area contributed by atoms with Crippen molar-refractivity contribution in [2.45, 2.75) is 0 Å². The minimum atomic E-state index is 0.407. The first kappa shape index (κ1) is 41.5. The number of fused-ring (bicyclic) bond motifs is 20. The standard InChI is InChI=1S/C68H34N4O2S2/c1-70-52-35-57(71-53-24-18-37(39-20-28-63-48(30-39)44-12-4-8-16-61(44)75-63)32-50(53)65-55(71)26-22-46-42-10-2-6-14-59(42)73-67(46)65)41(36-69)34-58(52)72-54-25-19-38(40-21-29-64-49(31-40)45-13-5-9-17-62(45)76-64)33-51(54)66-56(72)27-23-47-43-11-3-7-15-60(43)74-68(47)66/h2-35H. The Balaban J connectivity index is 0.906. The predicted molar refractivity (Wildman–Crippen MR) is 317 cm³/mol. The van der Waals surface area contributed by atoms with Crippen molar-refractivity contribution in [3.63, 3.8) is 0 Å². The van der Waals surface area contributed by atoms with Crippen LogP contribution in [-0.4, -0.2) is 9.13 Å². The zero-order chi connectivity index (χ0) is 49.9. The van der Waals surface area contributed by atoms with Crippen molar-refractivity contribution in [3.8, 4) is 39.7 Å². The Morgan fingerprint density at radius 2 is 0.803 bits per heavy atom. The van der Waals surface area contributed by atoms with E-state index in [0.717, 1.165) is 110 Å². The molecule has 0 fully saturated rings. The fourth-order valence-electron chi connectivity index (χ4n) is 12.4. The van der Waals surface area contributed by atoms with Crippen molar-refractivity contribution in [2.75, 3.05) is 0 Å². The molecule has 6 aromatic heterocycles. The average molecular weight is 1000 g/mol. The number of nitriles is 1. The van der Waals surface area contributed by atoms with Crippen LogP contribution in [0.2, 0.25) is 0 Å². The third kappa shape index (κ3) is 5.66. The number of rotatable bonds is 4. The molecule has 0 unspecified atom stereocenters. The minimum Gasteiger partial charge on any atom is -0.455 e. The smallest absolute Gasteiger partial charge is 0.212 e. The highest BCUT2D eigenvalue weighted by atomic mass is 32.1. The van der Waals surface area contributed by atoms with Gasteiger partial charge in [0.25, 0.3) is 0 Å². The molecule has 0 aliphatic carbocycles. The molecule has 0 amide bonds. The maximum atomic E-state index is 11.4. The van der Waals surface area contributed by atoms with E-state index >= 15 is 0 Å². The molecule has 76 heavy (non-hydrogen) atoms. The van der Waals surface area contributed by atoms with Crippen LogP contribution in [0.4, 0.5) is 5.69 Å². The van der Waals surface area contributed by atoms with Gasteiger partial charge in [-0.25, -0.2) is 4.85 Å². The Morgan fingerprint density at radius 1 is 0.382 bits per heavy atom. The molecule has 8 heteroatoms. The van der Waals surface area contributed by atoms with Gasteiger partial charge in [0.05, 0.1) is 56.3 Å². The van der Waals surface area contributed by atoms with E-state index in [4.69, 9.17) is 15.4 Å². The Hall–Kier alpha value is -9.96. The Morgan fingerprint density at radius 3 is 1.30 bits per heavy atom. The van der Waals surface area contributed by atoms with Crippen molar-refractivity contribution in [1.29, 1.82) is 5.26 Å². The number of aromatic nitrogens is 2. The second-order valence-corrected chi connectivity index (χ2v) is 21.9.